The van der Waals surface area contributed by atoms with Crippen molar-refractivity contribution in [2.75, 3.05) is 26.4 Å². The molecule has 2 aliphatic rings. The predicted octanol–water partition coefficient (Wildman–Crippen LogP) is 11.2. The van der Waals surface area contributed by atoms with E-state index >= 15 is 0 Å². The van der Waals surface area contributed by atoms with Crippen LogP contribution in [0.25, 0.3) is 0 Å². The molecule has 0 amide bonds. The minimum Gasteiger partial charge on any atom is -0.392 e. The summed E-state index contributed by atoms with van der Waals surface area (Å²) in [6.45, 7) is 23.4. The molecule has 0 spiro atoms. The number of rotatable bonds is 9. The van der Waals surface area contributed by atoms with Crippen LogP contribution in [0, 0.1) is 48.3 Å². The Kier molecular flexibility index (Phi) is 19.5. The summed E-state index contributed by atoms with van der Waals surface area (Å²) >= 11 is 0. The fraction of sp³-hybridized carbons (Fsp3) is 0.480. The fourth-order valence-electron chi connectivity index (χ4n) is 8.11. The minimum atomic E-state index is -0.399. The molecule has 4 aromatic rings. The molecule has 8 unspecified atom stereocenters. The standard InChI is InChI=1S/C36H54O4.2C7H7.Hf/c1-35(2,3)29-19-27(33(37)31(21-29)25-13-9-7-10-14-25)23-39-17-18-40-24-28-20-30(36(4,5)6)22-32(34(28)38)26-15-11-8-12-16-26;2*1-7-5-3-2-4-6-7;/h7-16,27-34,37-38H,17-24H2,1-6H3;2*2-6H,1H2;/q;2*-1;. The quantitative estimate of drug-likeness (QED) is 0.0998. The number of hydrogen-bond acceptors (Lipinski definition) is 4. The van der Waals surface area contributed by atoms with E-state index in [0.717, 1.165) is 36.8 Å². The molecule has 298 valence electrons. The van der Waals surface area contributed by atoms with Gasteiger partial charge in [0.1, 0.15) is 0 Å². The van der Waals surface area contributed by atoms with Crippen LogP contribution in [-0.4, -0.2) is 48.8 Å². The van der Waals surface area contributed by atoms with Crippen molar-refractivity contribution in [3.63, 3.8) is 0 Å². The molecule has 2 fully saturated rings. The Balaban J connectivity index is 0.000000450. The Bertz CT molecular complexity index is 1450. The molecule has 4 nitrogen and oxygen atoms in total. The topological polar surface area (TPSA) is 58.9 Å². The zero-order valence-electron chi connectivity index (χ0n) is 34.4. The second-order valence-electron chi connectivity index (χ2n) is 17.7. The maximum Gasteiger partial charge on any atom is 0.0700 e. The summed E-state index contributed by atoms with van der Waals surface area (Å²) in [6.07, 6.45) is 3.19. The summed E-state index contributed by atoms with van der Waals surface area (Å²) in [7, 11) is 0. The van der Waals surface area contributed by atoms with Gasteiger partial charge in [-0.2, -0.15) is 49.2 Å². The normalized spacial score (nSPS) is 25.2. The first-order valence-corrected chi connectivity index (χ1v) is 20.1. The van der Waals surface area contributed by atoms with Gasteiger partial charge in [-0.1, -0.05) is 114 Å². The summed E-state index contributed by atoms with van der Waals surface area (Å²) < 4.78 is 12.2. The summed E-state index contributed by atoms with van der Waals surface area (Å²) in [5.74, 6) is 1.58. The summed E-state index contributed by atoms with van der Waals surface area (Å²) in [4.78, 5) is 0. The minimum absolute atomic E-state index is 0. The van der Waals surface area contributed by atoms with Crippen LogP contribution in [0.1, 0.15) is 101 Å². The summed E-state index contributed by atoms with van der Waals surface area (Å²) in [5.41, 5.74) is 4.98. The van der Waals surface area contributed by atoms with Crippen molar-refractivity contribution >= 4 is 0 Å². The molecule has 0 aliphatic heterocycles. The van der Waals surface area contributed by atoms with Crippen molar-refractivity contribution in [1.29, 1.82) is 0 Å². The number of ether oxygens (including phenoxy) is 2. The van der Waals surface area contributed by atoms with Gasteiger partial charge >= 0.3 is 0 Å². The van der Waals surface area contributed by atoms with Crippen molar-refractivity contribution < 1.29 is 45.5 Å². The van der Waals surface area contributed by atoms with E-state index < -0.39 is 12.2 Å². The third-order valence-corrected chi connectivity index (χ3v) is 11.7. The van der Waals surface area contributed by atoms with Gasteiger partial charge < -0.3 is 19.7 Å². The maximum absolute atomic E-state index is 11.3. The van der Waals surface area contributed by atoms with Crippen molar-refractivity contribution in [1.82, 2.24) is 0 Å². The molecule has 4 aromatic carbocycles. The van der Waals surface area contributed by atoms with Crippen LogP contribution in [0.2, 0.25) is 0 Å². The van der Waals surface area contributed by atoms with Crippen LogP contribution in [0.4, 0.5) is 0 Å². The first-order chi connectivity index (χ1) is 25.7. The molecule has 0 aromatic heterocycles. The van der Waals surface area contributed by atoms with Crippen molar-refractivity contribution in [2.24, 2.45) is 34.5 Å². The molecule has 0 saturated heterocycles. The van der Waals surface area contributed by atoms with E-state index in [9.17, 15) is 10.2 Å². The number of aliphatic hydroxyl groups is 2. The Morgan fingerprint density at radius 1 is 0.491 bits per heavy atom. The first-order valence-electron chi connectivity index (χ1n) is 20.1. The second-order valence-corrected chi connectivity index (χ2v) is 17.7. The van der Waals surface area contributed by atoms with Gasteiger partial charge in [-0.3, -0.25) is 0 Å². The number of aliphatic hydroxyl groups excluding tert-OH is 2. The van der Waals surface area contributed by atoms with Crippen molar-refractivity contribution in [2.45, 2.75) is 91.3 Å². The van der Waals surface area contributed by atoms with Crippen LogP contribution >= 0.6 is 0 Å². The van der Waals surface area contributed by atoms with Gasteiger partial charge in [-0.25, -0.2) is 0 Å². The monoisotopic (exact) mass is 912 g/mol. The average Bonchev–Trinajstić information content (AvgIpc) is 3.15. The number of benzene rings is 4. The van der Waals surface area contributed by atoms with E-state index in [4.69, 9.17) is 9.47 Å². The molecule has 2 N–H and O–H groups in total. The van der Waals surface area contributed by atoms with Crippen LogP contribution in [-0.2, 0) is 35.3 Å². The zero-order valence-corrected chi connectivity index (χ0v) is 38.0. The van der Waals surface area contributed by atoms with Gasteiger partial charge in [-0.15, -0.1) is 24.3 Å². The van der Waals surface area contributed by atoms with Crippen LogP contribution in [0.15, 0.2) is 121 Å². The zero-order chi connectivity index (χ0) is 39.1. The first kappa shape index (κ1) is 46.7. The molecule has 5 heteroatoms. The maximum atomic E-state index is 11.3. The Morgan fingerprint density at radius 2 is 0.782 bits per heavy atom. The van der Waals surface area contributed by atoms with Gasteiger partial charge in [0.05, 0.1) is 38.6 Å². The van der Waals surface area contributed by atoms with Crippen molar-refractivity contribution in [3.05, 3.63) is 157 Å². The Morgan fingerprint density at radius 3 is 1.04 bits per heavy atom. The van der Waals surface area contributed by atoms with E-state index in [1.165, 1.54) is 11.1 Å². The fourth-order valence-corrected chi connectivity index (χ4v) is 8.11. The smallest absolute Gasteiger partial charge is 0.0700 e. The van der Waals surface area contributed by atoms with Gasteiger partial charge in [0.2, 0.25) is 0 Å². The van der Waals surface area contributed by atoms with Crippen molar-refractivity contribution in [3.8, 4) is 0 Å². The van der Waals surface area contributed by atoms with Gasteiger partial charge in [0.15, 0.2) is 0 Å². The Labute approximate surface area is 353 Å². The third kappa shape index (κ3) is 15.3. The van der Waals surface area contributed by atoms with E-state index in [-0.39, 0.29) is 60.3 Å². The third-order valence-electron chi connectivity index (χ3n) is 11.7. The molecule has 2 aliphatic carbocycles. The van der Waals surface area contributed by atoms with Crippen LogP contribution < -0.4 is 0 Å². The molecule has 0 heterocycles. The molecular formula is C50H68HfO4-2. The predicted molar refractivity (Wildman–Crippen MR) is 225 cm³/mol. The van der Waals surface area contributed by atoms with Gasteiger partial charge in [0, 0.05) is 49.5 Å². The molecule has 0 bridgehead atoms. The van der Waals surface area contributed by atoms with Crippen LogP contribution in [0.3, 0.4) is 0 Å². The summed E-state index contributed by atoms with van der Waals surface area (Å²) in [6, 6.07) is 40.7. The second kappa shape index (κ2) is 22.9. The molecule has 8 atom stereocenters. The largest absolute Gasteiger partial charge is 0.392 e. The molecular weight excluding hydrogens is 843 g/mol. The molecule has 0 radical (unpaired) electrons. The molecule has 55 heavy (non-hydrogen) atoms. The molecule has 2 saturated carbocycles. The average molecular weight is 912 g/mol. The van der Waals surface area contributed by atoms with Gasteiger partial charge in [0.25, 0.3) is 0 Å². The number of hydrogen-bond donors (Lipinski definition) is 2. The Hall–Kier alpha value is -2.67. The van der Waals surface area contributed by atoms with E-state index in [1.54, 1.807) is 0 Å². The van der Waals surface area contributed by atoms with E-state index in [0.29, 0.717) is 38.3 Å². The van der Waals surface area contributed by atoms with E-state index in [2.05, 4.69) is 104 Å². The molecule has 6 rings (SSSR count). The van der Waals surface area contributed by atoms with E-state index in [1.807, 2.05) is 72.8 Å². The van der Waals surface area contributed by atoms with Gasteiger partial charge in [-0.05, 0) is 59.5 Å². The van der Waals surface area contributed by atoms with Crippen LogP contribution in [0.5, 0.6) is 0 Å². The summed E-state index contributed by atoms with van der Waals surface area (Å²) in [5, 5.41) is 22.7. The SMILES string of the molecule is CC(C)(C)C1CC(COCCOCC2CC(C(C)(C)C)CC(c3ccccc3)C2O)C(O)C(c2ccccc2)C1.[CH2-]c1ccccc1.[CH2-]c1ccccc1.[Hf].